The maximum absolute atomic E-state index is 12.4. The molecular weight excluding hydrogens is 468 g/mol. The van der Waals surface area contributed by atoms with E-state index in [0.717, 1.165) is 49.0 Å². The Morgan fingerprint density at radius 2 is 2.08 bits per heavy atom. The van der Waals surface area contributed by atoms with Gasteiger partial charge in [0.15, 0.2) is 0 Å². The summed E-state index contributed by atoms with van der Waals surface area (Å²) in [6.45, 7) is 12.2. The lowest BCUT2D eigenvalue weighted by atomic mass is 10.2. The summed E-state index contributed by atoms with van der Waals surface area (Å²) in [5.74, 6) is 2.34. The van der Waals surface area contributed by atoms with Crippen molar-refractivity contribution < 1.29 is 4.21 Å². The van der Waals surface area contributed by atoms with E-state index < -0.39 is 11.0 Å². The molecule has 36 heavy (non-hydrogen) atoms. The van der Waals surface area contributed by atoms with Crippen LogP contribution in [0.25, 0.3) is 0 Å². The van der Waals surface area contributed by atoms with Crippen LogP contribution in [0.3, 0.4) is 0 Å². The molecule has 0 bridgehead atoms. The van der Waals surface area contributed by atoms with E-state index in [2.05, 4.69) is 63.4 Å². The van der Waals surface area contributed by atoms with Gasteiger partial charge in [0.2, 0.25) is 0 Å². The van der Waals surface area contributed by atoms with Crippen LogP contribution < -0.4 is 14.9 Å². The van der Waals surface area contributed by atoms with Gasteiger partial charge in [0, 0.05) is 50.2 Å². The van der Waals surface area contributed by atoms with Crippen LogP contribution in [0.4, 0.5) is 11.5 Å². The number of allylic oxidation sites excluding steroid dienone is 2. The molecule has 2 aliphatic heterocycles. The van der Waals surface area contributed by atoms with Gasteiger partial charge in [0.05, 0.1) is 17.6 Å². The van der Waals surface area contributed by atoms with E-state index in [1.54, 1.807) is 12.3 Å². The van der Waals surface area contributed by atoms with E-state index in [0.29, 0.717) is 11.8 Å². The predicted octanol–water partition coefficient (Wildman–Crippen LogP) is 4.87. The number of nitrogens with one attached hydrogen (secondary N) is 2. The second kappa shape index (κ2) is 13.6. The average Bonchev–Trinajstić information content (AvgIpc) is 3.55. The molecule has 2 unspecified atom stereocenters. The van der Waals surface area contributed by atoms with E-state index >= 15 is 0 Å². The van der Waals surface area contributed by atoms with E-state index in [-0.39, 0.29) is 0 Å². The minimum Gasteiger partial charge on any atom is -0.372 e. The second-order valence-electron chi connectivity index (χ2n) is 8.69. The fraction of sp³-hybridized carbons (Fsp3) is 0.357. The SMILES string of the molecule is C=CC.CCN=C1NC=C/C1=C(/C)N1CCC(N(C)c2ccc(NS(=O)Cc3ccccc3)cn2)C1. The highest BCUT2D eigenvalue weighted by atomic mass is 32.2. The van der Waals surface area contributed by atoms with Crippen LogP contribution in [0.5, 0.6) is 0 Å². The summed E-state index contributed by atoms with van der Waals surface area (Å²) in [7, 11) is 0.905. The van der Waals surface area contributed by atoms with Gasteiger partial charge in [-0.15, -0.1) is 6.58 Å². The highest BCUT2D eigenvalue weighted by Crippen LogP contribution is 2.26. The van der Waals surface area contributed by atoms with Crippen LogP contribution in [-0.2, 0) is 16.7 Å². The van der Waals surface area contributed by atoms with Gasteiger partial charge < -0.3 is 19.8 Å². The number of aliphatic imine (C=N–C) groups is 1. The Balaban J connectivity index is 0.00000115. The zero-order valence-electron chi connectivity index (χ0n) is 21.8. The molecule has 192 valence electrons. The molecule has 0 saturated carbocycles. The van der Waals surface area contributed by atoms with Crippen LogP contribution in [0.2, 0.25) is 0 Å². The van der Waals surface area contributed by atoms with E-state index in [9.17, 15) is 4.21 Å². The van der Waals surface area contributed by atoms with Crippen molar-refractivity contribution in [1.82, 2.24) is 15.2 Å². The number of aromatic nitrogens is 1. The normalized spacial score (nSPS) is 19.8. The Labute approximate surface area is 218 Å². The lowest BCUT2D eigenvalue weighted by Gasteiger charge is -2.27. The first-order chi connectivity index (χ1) is 17.5. The van der Waals surface area contributed by atoms with Crippen molar-refractivity contribution in [2.75, 3.05) is 36.3 Å². The fourth-order valence-corrected chi connectivity index (χ4v) is 5.16. The Bertz CT molecular complexity index is 1110. The van der Waals surface area contributed by atoms with Crippen LogP contribution in [0, 0.1) is 0 Å². The zero-order valence-corrected chi connectivity index (χ0v) is 22.6. The number of pyridine rings is 1. The molecule has 0 spiro atoms. The van der Waals surface area contributed by atoms with Gasteiger partial charge in [-0.2, -0.15) is 0 Å². The number of nitrogens with zero attached hydrogens (tertiary/aromatic N) is 4. The number of hydrogen-bond donors (Lipinski definition) is 2. The maximum atomic E-state index is 12.4. The Kier molecular flexibility index (Phi) is 10.3. The van der Waals surface area contributed by atoms with Gasteiger partial charge >= 0.3 is 0 Å². The Morgan fingerprint density at radius 1 is 1.33 bits per heavy atom. The van der Waals surface area contributed by atoms with Crippen LogP contribution in [-0.4, -0.2) is 52.7 Å². The van der Waals surface area contributed by atoms with Gasteiger partial charge in [0.25, 0.3) is 0 Å². The molecule has 8 heteroatoms. The molecule has 2 atom stereocenters. The Morgan fingerprint density at radius 3 is 2.75 bits per heavy atom. The van der Waals surface area contributed by atoms with Crippen LogP contribution >= 0.6 is 0 Å². The molecule has 3 heterocycles. The standard InChI is InChI=1S/C25H32N6OS.C3H6/c1-4-26-25-23(12-14-27-25)19(2)31-15-13-22(17-31)30(3)24-11-10-21(16-28-24)29-33(32)18-20-8-6-5-7-9-20;1-3-2/h5-12,14,16,22,29H,4,13,15,17-18H2,1-3H3,(H,26,27);3H,1H2,2H3/b23-19+;. The number of likely N-dealkylation sites (N-methyl/N-ethyl adjacent to an activating group) is 1. The van der Waals surface area contributed by atoms with Crippen molar-refractivity contribution in [1.29, 1.82) is 0 Å². The third-order valence-corrected chi connectivity index (χ3v) is 7.16. The molecular formula is C28H38N6OS. The average molecular weight is 507 g/mol. The smallest absolute Gasteiger partial charge is 0.134 e. The summed E-state index contributed by atoms with van der Waals surface area (Å²) in [5, 5.41) is 3.24. The van der Waals surface area contributed by atoms with Crippen molar-refractivity contribution in [3.8, 4) is 0 Å². The molecule has 2 aromatic rings. The first kappa shape index (κ1) is 27.2. The molecule has 1 fully saturated rings. The van der Waals surface area contributed by atoms with E-state index in [1.807, 2.05) is 55.6 Å². The summed E-state index contributed by atoms with van der Waals surface area (Å²) in [6.07, 6.45) is 8.65. The number of benzene rings is 1. The summed E-state index contributed by atoms with van der Waals surface area (Å²) in [6, 6.07) is 14.2. The number of likely N-dealkylation sites (tertiary alicyclic amines) is 1. The molecule has 0 radical (unpaired) electrons. The number of amidine groups is 1. The zero-order chi connectivity index (χ0) is 25.9. The van der Waals surface area contributed by atoms with Crippen molar-refractivity contribution in [2.45, 2.75) is 39.0 Å². The predicted molar refractivity (Wildman–Crippen MR) is 153 cm³/mol. The van der Waals surface area contributed by atoms with Gasteiger partial charge in [-0.3, -0.25) is 4.99 Å². The second-order valence-corrected chi connectivity index (χ2v) is 9.87. The highest BCUT2D eigenvalue weighted by Gasteiger charge is 2.28. The topological polar surface area (TPSA) is 72.9 Å². The lowest BCUT2D eigenvalue weighted by molar-refractivity contribution is 0.417. The maximum Gasteiger partial charge on any atom is 0.134 e. The molecule has 2 aliphatic rings. The van der Waals surface area contributed by atoms with E-state index in [1.165, 1.54) is 11.3 Å². The quantitative estimate of drug-likeness (QED) is 0.500. The third-order valence-electron chi connectivity index (χ3n) is 6.10. The molecule has 0 aliphatic carbocycles. The molecule has 1 aromatic carbocycles. The number of hydrogen-bond acceptors (Lipinski definition) is 5. The number of rotatable bonds is 8. The monoisotopic (exact) mass is 506 g/mol. The summed E-state index contributed by atoms with van der Waals surface area (Å²) in [5.41, 5.74) is 4.24. The summed E-state index contributed by atoms with van der Waals surface area (Å²) >= 11 is 0. The molecule has 4 rings (SSSR count). The summed E-state index contributed by atoms with van der Waals surface area (Å²) < 4.78 is 15.5. The van der Waals surface area contributed by atoms with Crippen molar-refractivity contribution >= 4 is 28.3 Å². The summed E-state index contributed by atoms with van der Waals surface area (Å²) in [4.78, 5) is 13.9. The van der Waals surface area contributed by atoms with E-state index in [4.69, 9.17) is 0 Å². The minimum atomic E-state index is -1.19. The highest BCUT2D eigenvalue weighted by molar-refractivity contribution is 7.85. The molecule has 7 nitrogen and oxygen atoms in total. The van der Waals surface area contributed by atoms with Gasteiger partial charge in [-0.05, 0) is 51.0 Å². The first-order valence-electron chi connectivity index (χ1n) is 12.3. The Hall–Kier alpha value is -3.39. The molecule has 2 N–H and O–H groups in total. The van der Waals surface area contributed by atoms with Gasteiger partial charge in [0.1, 0.15) is 22.6 Å². The first-order valence-corrected chi connectivity index (χ1v) is 13.7. The fourth-order valence-electron chi connectivity index (χ4n) is 4.21. The molecule has 1 saturated heterocycles. The third kappa shape index (κ3) is 7.31. The van der Waals surface area contributed by atoms with Gasteiger partial charge in [-0.1, -0.05) is 36.4 Å². The molecule has 1 aromatic heterocycles. The largest absolute Gasteiger partial charge is 0.372 e. The lowest BCUT2D eigenvalue weighted by Crippen LogP contribution is -2.35. The number of anilines is 2. The van der Waals surface area contributed by atoms with Crippen molar-refractivity contribution in [3.05, 3.63) is 90.4 Å². The molecule has 0 amide bonds. The van der Waals surface area contributed by atoms with Crippen molar-refractivity contribution in [3.63, 3.8) is 0 Å². The minimum absolute atomic E-state index is 0.379. The van der Waals surface area contributed by atoms with Crippen LogP contribution in [0.15, 0.2) is 89.9 Å². The van der Waals surface area contributed by atoms with Crippen molar-refractivity contribution in [2.24, 2.45) is 4.99 Å². The van der Waals surface area contributed by atoms with Crippen LogP contribution in [0.1, 0.15) is 32.8 Å². The van der Waals surface area contributed by atoms with Gasteiger partial charge in [-0.25, -0.2) is 9.19 Å².